The molecule has 0 aromatic carbocycles. The number of carbonyl (C=O) groups excluding carboxylic acids is 2. The fourth-order valence-corrected chi connectivity index (χ4v) is 2.18. The summed E-state index contributed by atoms with van der Waals surface area (Å²) in [6.45, 7) is 5.72. The Kier molecular flexibility index (Phi) is 4.40. The Morgan fingerprint density at radius 3 is 2.25 bits per heavy atom. The van der Waals surface area contributed by atoms with Crippen molar-refractivity contribution in [3.63, 3.8) is 0 Å². The highest BCUT2D eigenvalue weighted by atomic mass is 79.9. The minimum atomic E-state index is -0.382. The Balaban J connectivity index is 2.36. The summed E-state index contributed by atoms with van der Waals surface area (Å²) in [4.78, 5) is 23.1. The van der Waals surface area contributed by atoms with Gasteiger partial charge in [0, 0.05) is 4.83 Å². The van der Waals surface area contributed by atoms with Gasteiger partial charge in [-0.1, -0.05) is 45.7 Å². The van der Waals surface area contributed by atoms with E-state index in [-0.39, 0.29) is 32.8 Å². The zero-order valence-electron chi connectivity index (χ0n) is 9.51. The molecule has 1 rings (SSSR count). The van der Waals surface area contributed by atoms with E-state index in [0.717, 1.165) is 6.42 Å². The third-order valence-corrected chi connectivity index (χ3v) is 5.60. The van der Waals surface area contributed by atoms with Crippen molar-refractivity contribution < 1.29 is 9.59 Å². The highest BCUT2D eigenvalue weighted by Crippen LogP contribution is 2.51. The van der Waals surface area contributed by atoms with Crippen LogP contribution in [0.1, 0.15) is 27.2 Å². The molecule has 1 aliphatic rings. The van der Waals surface area contributed by atoms with E-state index in [9.17, 15) is 9.59 Å². The molecular formula is C10H16Br2N2O2. The van der Waals surface area contributed by atoms with Crippen molar-refractivity contribution in [3.05, 3.63) is 0 Å². The molecule has 2 N–H and O–H groups in total. The number of hydrazine groups is 1. The lowest BCUT2D eigenvalue weighted by Crippen LogP contribution is -2.48. The van der Waals surface area contributed by atoms with Crippen molar-refractivity contribution in [2.75, 3.05) is 0 Å². The number of hydrogen-bond donors (Lipinski definition) is 2. The zero-order valence-corrected chi connectivity index (χ0v) is 12.7. The molecule has 16 heavy (non-hydrogen) atoms. The molecule has 0 saturated heterocycles. The molecule has 92 valence electrons. The number of amides is 2. The second-order valence-corrected chi connectivity index (χ2v) is 6.77. The molecule has 6 heteroatoms. The van der Waals surface area contributed by atoms with E-state index in [1.165, 1.54) is 0 Å². The molecule has 2 amide bonds. The molecule has 3 atom stereocenters. The van der Waals surface area contributed by atoms with Crippen molar-refractivity contribution >= 4 is 43.7 Å². The van der Waals surface area contributed by atoms with E-state index >= 15 is 0 Å². The molecule has 0 aromatic rings. The number of rotatable bonds is 3. The van der Waals surface area contributed by atoms with Gasteiger partial charge in [0.1, 0.15) is 0 Å². The van der Waals surface area contributed by atoms with Crippen molar-refractivity contribution in [1.82, 2.24) is 10.9 Å². The molecule has 0 aromatic heterocycles. The second-order valence-electron chi connectivity index (χ2n) is 4.68. The number of halogens is 2. The Hall–Kier alpha value is -0.100. The Bertz CT molecular complexity index is 309. The summed E-state index contributed by atoms with van der Waals surface area (Å²) < 4.78 is 0. The average Bonchev–Trinajstić information content (AvgIpc) is 2.83. The van der Waals surface area contributed by atoms with Gasteiger partial charge in [0.25, 0.3) is 5.91 Å². The van der Waals surface area contributed by atoms with Gasteiger partial charge in [-0.25, -0.2) is 0 Å². The number of nitrogens with one attached hydrogen (secondary N) is 2. The van der Waals surface area contributed by atoms with Gasteiger partial charge in [-0.2, -0.15) is 0 Å². The maximum absolute atomic E-state index is 11.7. The van der Waals surface area contributed by atoms with Crippen LogP contribution in [0.4, 0.5) is 0 Å². The fourth-order valence-electron chi connectivity index (χ4n) is 1.18. The van der Waals surface area contributed by atoms with Gasteiger partial charge >= 0.3 is 0 Å². The Morgan fingerprint density at radius 2 is 1.88 bits per heavy atom. The summed E-state index contributed by atoms with van der Waals surface area (Å²) >= 11 is 6.64. The molecule has 1 saturated carbocycles. The van der Waals surface area contributed by atoms with Crippen LogP contribution in [-0.2, 0) is 9.59 Å². The summed E-state index contributed by atoms with van der Waals surface area (Å²) in [7, 11) is 0. The van der Waals surface area contributed by atoms with Gasteiger partial charge in [0.2, 0.25) is 5.91 Å². The standard InChI is InChI=1S/C10H16Br2N2O2/c1-5(2)7(12)8(15)13-14-9(16)10(3)4-6(10)11/h5-7H,4H2,1-3H3,(H,13,15)(H,14,16). The van der Waals surface area contributed by atoms with Crippen LogP contribution in [0.25, 0.3) is 0 Å². The molecule has 1 fully saturated rings. The minimum absolute atomic E-state index is 0.147. The van der Waals surface area contributed by atoms with Crippen LogP contribution < -0.4 is 10.9 Å². The van der Waals surface area contributed by atoms with Crippen LogP contribution in [0, 0.1) is 11.3 Å². The second kappa shape index (κ2) is 5.04. The lowest BCUT2D eigenvalue weighted by molar-refractivity contribution is -0.131. The molecular weight excluding hydrogens is 340 g/mol. The highest BCUT2D eigenvalue weighted by molar-refractivity contribution is 9.10. The Morgan fingerprint density at radius 1 is 1.38 bits per heavy atom. The monoisotopic (exact) mass is 354 g/mol. The topological polar surface area (TPSA) is 58.2 Å². The van der Waals surface area contributed by atoms with Crippen LogP contribution in [0.5, 0.6) is 0 Å². The third kappa shape index (κ3) is 2.97. The van der Waals surface area contributed by atoms with Gasteiger partial charge in [0.15, 0.2) is 0 Å². The molecule has 0 radical (unpaired) electrons. The van der Waals surface area contributed by atoms with Crippen molar-refractivity contribution in [3.8, 4) is 0 Å². The molecule has 0 aliphatic heterocycles. The number of carbonyl (C=O) groups is 2. The fraction of sp³-hybridized carbons (Fsp3) is 0.800. The molecule has 1 aliphatic carbocycles. The third-order valence-electron chi connectivity index (χ3n) is 2.79. The maximum Gasteiger partial charge on any atom is 0.252 e. The van der Waals surface area contributed by atoms with Crippen LogP contribution >= 0.6 is 31.9 Å². The molecule has 4 nitrogen and oxygen atoms in total. The quantitative estimate of drug-likeness (QED) is 0.598. The number of hydrogen-bond acceptors (Lipinski definition) is 2. The average molecular weight is 356 g/mol. The van der Waals surface area contributed by atoms with Crippen molar-refractivity contribution in [2.24, 2.45) is 11.3 Å². The summed E-state index contributed by atoms with van der Waals surface area (Å²) in [6, 6.07) is 0. The van der Waals surface area contributed by atoms with Crippen LogP contribution in [0.3, 0.4) is 0 Å². The lowest BCUT2D eigenvalue weighted by Gasteiger charge is -2.16. The van der Waals surface area contributed by atoms with Gasteiger partial charge < -0.3 is 0 Å². The van der Waals surface area contributed by atoms with E-state index in [4.69, 9.17) is 0 Å². The summed E-state index contributed by atoms with van der Waals surface area (Å²) in [5, 5.41) is 0. The SMILES string of the molecule is CC(C)C(Br)C(=O)NNC(=O)C1(C)CC1Br. The first-order valence-electron chi connectivity index (χ1n) is 5.17. The van der Waals surface area contributed by atoms with Crippen molar-refractivity contribution in [1.29, 1.82) is 0 Å². The van der Waals surface area contributed by atoms with E-state index in [1.807, 2.05) is 20.8 Å². The summed E-state index contributed by atoms with van der Waals surface area (Å²) in [5.41, 5.74) is 4.50. The van der Waals surface area contributed by atoms with Crippen molar-refractivity contribution in [2.45, 2.75) is 36.8 Å². The Labute approximate surface area is 112 Å². The molecule has 0 heterocycles. The molecule has 0 bridgehead atoms. The van der Waals surface area contributed by atoms with E-state index in [2.05, 4.69) is 42.7 Å². The zero-order chi connectivity index (χ0) is 12.5. The minimum Gasteiger partial charge on any atom is -0.273 e. The smallest absolute Gasteiger partial charge is 0.252 e. The van der Waals surface area contributed by atoms with E-state index in [1.54, 1.807) is 0 Å². The predicted molar refractivity (Wildman–Crippen MR) is 69.3 cm³/mol. The van der Waals surface area contributed by atoms with Gasteiger partial charge in [0.05, 0.1) is 10.2 Å². The first-order valence-corrected chi connectivity index (χ1v) is 7.00. The van der Waals surface area contributed by atoms with Gasteiger partial charge in [-0.15, -0.1) is 0 Å². The van der Waals surface area contributed by atoms with Gasteiger partial charge in [-0.3, -0.25) is 20.4 Å². The van der Waals surface area contributed by atoms with Gasteiger partial charge in [-0.05, 0) is 19.3 Å². The summed E-state index contributed by atoms with van der Waals surface area (Å²) in [6.07, 6.45) is 0.802. The molecule has 0 spiro atoms. The van der Waals surface area contributed by atoms with Crippen LogP contribution in [0.15, 0.2) is 0 Å². The lowest BCUT2D eigenvalue weighted by atomic mass is 10.1. The first kappa shape index (κ1) is 14.0. The first-order chi connectivity index (χ1) is 7.29. The highest BCUT2D eigenvalue weighted by Gasteiger charge is 2.54. The predicted octanol–water partition coefficient (Wildman–Crippen LogP) is 1.73. The maximum atomic E-state index is 11.7. The summed E-state index contributed by atoms with van der Waals surface area (Å²) in [5.74, 6) is -0.192. The van der Waals surface area contributed by atoms with E-state index < -0.39 is 0 Å². The molecule has 3 unspecified atom stereocenters. The number of alkyl halides is 2. The van der Waals surface area contributed by atoms with Crippen LogP contribution in [0.2, 0.25) is 0 Å². The largest absolute Gasteiger partial charge is 0.273 e. The van der Waals surface area contributed by atoms with Crippen LogP contribution in [-0.4, -0.2) is 21.5 Å². The normalized spacial score (nSPS) is 29.8. The van der Waals surface area contributed by atoms with E-state index in [0.29, 0.717) is 0 Å².